The van der Waals surface area contributed by atoms with E-state index in [1.54, 1.807) is 23.1 Å². The molecule has 1 aliphatic heterocycles. The molecule has 0 aliphatic carbocycles. The van der Waals surface area contributed by atoms with Gasteiger partial charge in [0, 0.05) is 42.9 Å². The van der Waals surface area contributed by atoms with Crippen LogP contribution in [-0.2, 0) is 0 Å². The molecule has 1 fully saturated rings. The Hall–Kier alpha value is -1.75. The Balaban J connectivity index is 2.10. The predicted molar refractivity (Wildman–Crippen MR) is 68.5 cm³/mol. The monoisotopic (exact) mass is 250 g/mol. The van der Waals surface area contributed by atoms with Crippen LogP contribution in [0.5, 0.6) is 5.75 Å². The van der Waals surface area contributed by atoms with E-state index in [-0.39, 0.29) is 18.4 Å². The third kappa shape index (κ3) is 2.56. The first-order valence-electron chi connectivity index (χ1n) is 6.07. The fourth-order valence-electron chi connectivity index (χ4n) is 2.03. The molecule has 2 rings (SSSR count). The molecule has 0 unspecified atom stereocenters. The van der Waals surface area contributed by atoms with Crippen LogP contribution in [0, 0.1) is 5.92 Å². The van der Waals surface area contributed by atoms with Gasteiger partial charge in [-0.2, -0.15) is 0 Å². The van der Waals surface area contributed by atoms with Crippen LogP contribution in [0.4, 0.5) is 5.69 Å². The Morgan fingerprint density at radius 1 is 1.50 bits per heavy atom. The highest BCUT2D eigenvalue weighted by atomic mass is 16.5. The summed E-state index contributed by atoms with van der Waals surface area (Å²) < 4.78 is 5.36. The Kier molecular flexibility index (Phi) is 3.72. The van der Waals surface area contributed by atoms with E-state index >= 15 is 0 Å². The minimum Gasteiger partial charge on any atom is -0.494 e. The third-order valence-electron chi connectivity index (χ3n) is 2.99. The number of carbonyl (C=O) groups excluding carboxylic acids is 1. The summed E-state index contributed by atoms with van der Waals surface area (Å²) in [5.74, 6) is 0.759. The molecule has 1 heterocycles. The highest BCUT2D eigenvalue weighted by molar-refractivity contribution is 5.96. The lowest BCUT2D eigenvalue weighted by Crippen LogP contribution is -2.51. The fraction of sp³-hybridized carbons (Fsp3) is 0.462. The third-order valence-corrected chi connectivity index (χ3v) is 2.99. The second kappa shape index (κ2) is 5.27. The zero-order chi connectivity index (χ0) is 13.1. The maximum absolute atomic E-state index is 12.1. The molecule has 0 bridgehead atoms. The van der Waals surface area contributed by atoms with Crippen LogP contribution in [0.25, 0.3) is 0 Å². The number of rotatable bonds is 4. The van der Waals surface area contributed by atoms with Crippen LogP contribution in [0.2, 0.25) is 0 Å². The molecule has 1 aliphatic rings. The number of anilines is 1. The van der Waals surface area contributed by atoms with Gasteiger partial charge in [0.1, 0.15) is 5.75 Å². The van der Waals surface area contributed by atoms with E-state index in [1.165, 1.54) is 0 Å². The van der Waals surface area contributed by atoms with Crippen LogP contribution >= 0.6 is 0 Å². The summed E-state index contributed by atoms with van der Waals surface area (Å²) in [4.78, 5) is 13.8. The van der Waals surface area contributed by atoms with Gasteiger partial charge in [-0.3, -0.25) is 4.79 Å². The largest absolute Gasteiger partial charge is 0.494 e. The van der Waals surface area contributed by atoms with Gasteiger partial charge in [-0.15, -0.1) is 0 Å². The Morgan fingerprint density at radius 2 is 2.22 bits per heavy atom. The molecule has 0 spiro atoms. The van der Waals surface area contributed by atoms with Gasteiger partial charge >= 0.3 is 0 Å². The maximum Gasteiger partial charge on any atom is 0.254 e. The van der Waals surface area contributed by atoms with Gasteiger partial charge in [-0.25, -0.2) is 0 Å². The van der Waals surface area contributed by atoms with Gasteiger partial charge in [-0.05, 0) is 19.1 Å². The number of ether oxygens (including phenoxy) is 1. The van der Waals surface area contributed by atoms with Crippen LogP contribution < -0.4 is 10.5 Å². The quantitative estimate of drug-likeness (QED) is 0.772. The average Bonchev–Trinajstić information content (AvgIpc) is 2.27. The first-order chi connectivity index (χ1) is 8.63. The van der Waals surface area contributed by atoms with Crippen molar-refractivity contribution in [3.05, 3.63) is 23.8 Å². The molecular weight excluding hydrogens is 232 g/mol. The van der Waals surface area contributed by atoms with Crippen molar-refractivity contribution in [2.75, 3.05) is 32.0 Å². The summed E-state index contributed by atoms with van der Waals surface area (Å²) in [5, 5.41) is 8.94. The summed E-state index contributed by atoms with van der Waals surface area (Å²) >= 11 is 0. The van der Waals surface area contributed by atoms with E-state index in [0.717, 1.165) is 0 Å². The summed E-state index contributed by atoms with van der Waals surface area (Å²) in [5.41, 5.74) is 6.80. The second-order valence-corrected chi connectivity index (χ2v) is 4.48. The van der Waals surface area contributed by atoms with Crippen LogP contribution in [0.15, 0.2) is 18.2 Å². The number of nitrogens with zero attached hydrogens (tertiary/aromatic N) is 1. The molecule has 0 radical (unpaired) electrons. The van der Waals surface area contributed by atoms with Crippen molar-refractivity contribution < 1.29 is 14.6 Å². The van der Waals surface area contributed by atoms with Crippen molar-refractivity contribution in [2.24, 2.45) is 5.92 Å². The van der Waals surface area contributed by atoms with E-state index in [0.29, 0.717) is 36.7 Å². The minimum absolute atomic E-state index is 0.0621. The van der Waals surface area contributed by atoms with Crippen molar-refractivity contribution >= 4 is 11.6 Å². The van der Waals surface area contributed by atoms with E-state index in [4.69, 9.17) is 15.6 Å². The van der Waals surface area contributed by atoms with Gasteiger partial charge in [0.2, 0.25) is 0 Å². The zero-order valence-corrected chi connectivity index (χ0v) is 10.4. The fourth-order valence-corrected chi connectivity index (χ4v) is 2.03. The Bertz CT molecular complexity index is 442. The van der Waals surface area contributed by atoms with Crippen molar-refractivity contribution in [3.8, 4) is 5.75 Å². The number of nitrogens with two attached hydrogens (primary N) is 1. The molecule has 3 N–H and O–H groups in total. The topological polar surface area (TPSA) is 75.8 Å². The van der Waals surface area contributed by atoms with Gasteiger partial charge in [0.15, 0.2) is 0 Å². The van der Waals surface area contributed by atoms with Crippen LogP contribution in [0.3, 0.4) is 0 Å². The number of carbonyl (C=O) groups is 1. The molecular formula is C13H18N2O3. The molecule has 0 aromatic heterocycles. The lowest BCUT2D eigenvalue weighted by Gasteiger charge is -2.38. The Labute approximate surface area is 106 Å². The number of aliphatic hydroxyl groups is 1. The molecule has 0 saturated carbocycles. The summed E-state index contributed by atoms with van der Waals surface area (Å²) in [7, 11) is 0. The van der Waals surface area contributed by atoms with E-state index < -0.39 is 0 Å². The molecule has 0 atom stereocenters. The highest BCUT2D eigenvalue weighted by Crippen LogP contribution is 2.23. The zero-order valence-electron chi connectivity index (χ0n) is 10.4. The van der Waals surface area contributed by atoms with E-state index in [2.05, 4.69) is 0 Å². The first-order valence-corrected chi connectivity index (χ1v) is 6.07. The van der Waals surface area contributed by atoms with E-state index in [1.807, 2.05) is 6.92 Å². The number of likely N-dealkylation sites (tertiary alicyclic amines) is 1. The number of aliphatic hydroxyl groups excluding tert-OH is 1. The first kappa shape index (κ1) is 12.7. The molecule has 18 heavy (non-hydrogen) atoms. The van der Waals surface area contributed by atoms with Crippen molar-refractivity contribution in [1.29, 1.82) is 0 Å². The lowest BCUT2D eigenvalue weighted by molar-refractivity contribution is 0.0361. The molecule has 5 nitrogen and oxygen atoms in total. The summed E-state index contributed by atoms with van der Waals surface area (Å²) in [6.07, 6.45) is 0. The van der Waals surface area contributed by atoms with Crippen LogP contribution in [0.1, 0.15) is 17.3 Å². The number of amides is 1. The minimum atomic E-state index is -0.0621. The van der Waals surface area contributed by atoms with Crippen LogP contribution in [-0.4, -0.2) is 42.2 Å². The number of nitrogen functional groups attached to an aromatic ring is 1. The SMILES string of the molecule is CCOc1cc(N)cc(C(=O)N2CC(CO)C2)c1. The summed E-state index contributed by atoms with van der Waals surface area (Å²) in [6, 6.07) is 5.05. The van der Waals surface area contributed by atoms with Gasteiger partial charge in [0.05, 0.1) is 6.61 Å². The average molecular weight is 250 g/mol. The van der Waals surface area contributed by atoms with Gasteiger partial charge in [0.25, 0.3) is 5.91 Å². The molecule has 98 valence electrons. The van der Waals surface area contributed by atoms with Crippen molar-refractivity contribution in [3.63, 3.8) is 0 Å². The van der Waals surface area contributed by atoms with Gasteiger partial charge in [-0.1, -0.05) is 0 Å². The lowest BCUT2D eigenvalue weighted by atomic mass is 10.00. The number of hydrogen-bond donors (Lipinski definition) is 2. The van der Waals surface area contributed by atoms with E-state index in [9.17, 15) is 4.79 Å². The predicted octanol–water partition coefficient (Wildman–Crippen LogP) is 0.732. The van der Waals surface area contributed by atoms with Gasteiger partial charge < -0.3 is 20.5 Å². The highest BCUT2D eigenvalue weighted by Gasteiger charge is 2.30. The molecule has 1 aromatic carbocycles. The number of benzene rings is 1. The van der Waals surface area contributed by atoms with Crippen molar-refractivity contribution in [1.82, 2.24) is 4.90 Å². The number of hydrogen-bond acceptors (Lipinski definition) is 4. The molecule has 1 saturated heterocycles. The standard InChI is InChI=1S/C13H18N2O3/c1-2-18-12-4-10(3-11(14)5-12)13(17)15-6-9(7-15)8-16/h3-5,9,16H,2,6-8,14H2,1H3. The summed E-state index contributed by atoms with van der Waals surface area (Å²) in [6.45, 7) is 3.76. The maximum atomic E-state index is 12.1. The Morgan fingerprint density at radius 3 is 2.83 bits per heavy atom. The molecule has 1 amide bonds. The second-order valence-electron chi connectivity index (χ2n) is 4.48. The molecule has 5 heteroatoms. The molecule has 1 aromatic rings. The normalized spacial score (nSPS) is 15.3. The smallest absolute Gasteiger partial charge is 0.254 e. The van der Waals surface area contributed by atoms with Crippen molar-refractivity contribution in [2.45, 2.75) is 6.92 Å².